The lowest BCUT2D eigenvalue weighted by Crippen LogP contribution is -1.77. The van der Waals surface area contributed by atoms with Crippen LogP contribution in [-0.4, -0.2) is 10.2 Å². The van der Waals surface area contributed by atoms with Crippen molar-refractivity contribution in [3.05, 3.63) is 34.3 Å². The molecule has 1 aromatic heterocycles. The Kier molecular flexibility index (Phi) is 2.29. The summed E-state index contributed by atoms with van der Waals surface area (Å²) >= 11 is 7.09. The third-order valence-corrected chi connectivity index (χ3v) is 2.73. The molecule has 1 heterocycles. The maximum atomic E-state index is 5.69. The van der Waals surface area contributed by atoms with E-state index in [1.165, 1.54) is 16.9 Å². The summed E-state index contributed by atoms with van der Waals surface area (Å²) in [5.74, 6) is 0. The minimum atomic E-state index is 0.483. The van der Waals surface area contributed by atoms with E-state index in [1.54, 1.807) is 0 Å². The highest BCUT2D eigenvalue weighted by Crippen LogP contribution is 2.26. The number of aromatic nitrogens is 2. The molecule has 0 aliphatic carbocycles. The molecule has 0 aliphatic heterocycles. The largest absolute Gasteiger partial charge is 0.207 e. The molecular weight excluding hydrogens is 204 g/mol. The maximum absolute atomic E-state index is 5.69. The average molecular weight is 211 g/mol. The lowest BCUT2D eigenvalue weighted by molar-refractivity contribution is 1.09. The van der Waals surface area contributed by atoms with E-state index >= 15 is 0 Å². The molecule has 2 aromatic rings. The predicted octanol–water partition coefficient (Wildman–Crippen LogP) is 3.17. The van der Waals surface area contributed by atoms with Crippen molar-refractivity contribution >= 4 is 22.9 Å². The van der Waals surface area contributed by atoms with Gasteiger partial charge in [-0.05, 0) is 24.6 Å². The van der Waals surface area contributed by atoms with Crippen molar-refractivity contribution in [1.29, 1.82) is 0 Å². The van der Waals surface area contributed by atoms with E-state index in [0.29, 0.717) is 4.47 Å². The van der Waals surface area contributed by atoms with Crippen LogP contribution in [0.2, 0.25) is 4.47 Å². The van der Waals surface area contributed by atoms with Crippen LogP contribution in [0.25, 0.3) is 10.6 Å². The number of benzene rings is 1. The van der Waals surface area contributed by atoms with Gasteiger partial charge in [-0.2, -0.15) is 0 Å². The summed E-state index contributed by atoms with van der Waals surface area (Å²) in [6, 6.07) is 8.12. The first kappa shape index (κ1) is 8.66. The van der Waals surface area contributed by atoms with Crippen LogP contribution in [0.15, 0.2) is 24.3 Å². The highest BCUT2D eigenvalue weighted by molar-refractivity contribution is 7.18. The molecular formula is C9H7ClN2S. The molecule has 13 heavy (non-hydrogen) atoms. The third-order valence-electron chi connectivity index (χ3n) is 1.67. The van der Waals surface area contributed by atoms with Crippen LogP contribution in [0.5, 0.6) is 0 Å². The van der Waals surface area contributed by atoms with Crippen LogP contribution in [-0.2, 0) is 0 Å². The molecule has 0 N–H and O–H groups in total. The van der Waals surface area contributed by atoms with Gasteiger partial charge in [0.1, 0.15) is 5.01 Å². The van der Waals surface area contributed by atoms with Crippen molar-refractivity contribution in [1.82, 2.24) is 10.2 Å². The molecule has 1 aromatic carbocycles. The van der Waals surface area contributed by atoms with Crippen LogP contribution >= 0.6 is 22.9 Å². The summed E-state index contributed by atoms with van der Waals surface area (Å²) in [5.41, 5.74) is 2.29. The standard InChI is InChI=1S/C9H7ClN2S/c1-6-3-2-4-7(5-6)8-11-12-9(10)13-8/h2-5H,1H3. The molecule has 0 unspecified atom stereocenters. The topological polar surface area (TPSA) is 25.8 Å². The van der Waals surface area contributed by atoms with E-state index < -0.39 is 0 Å². The van der Waals surface area contributed by atoms with Crippen molar-refractivity contribution < 1.29 is 0 Å². The van der Waals surface area contributed by atoms with Gasteiger partial charge >= 0.3 is 0 Å². The number of halogens is 1. The summed E-state index contributed by atoms with van der Waals surface area (Å²) in [5, 5.41) is 8.59. The fraction of sp³-hybridized carbons (Fsp3) is 0.111. The molecule has 0 atom stereocenters. The third kappa shape index (κ3) is 1.87. The number of hydrogen-bond acceptors (Lipinski definition) is 3. The van der Waals surface area contributed by atoms with Crippen molar-refractivity contribution in [2.24, 2.45) is 0 Å². The van der Waals surface area contributed by atoms with E-state index in [2.05, 4.69) is 16.3 Å². The molecule has 66 valence electrons. The summed E-state index contributed by atoms with van der Waals surface area (Å²) in [6.07, 6.45) is 0. The lowest BCUT2D eigenvalue weighted by Gasteiger charge is -1.95. The average Bonchev–Trinajstić information content (AvgIpc) is 2.52. The Hall–Kier alpha value is -0.930. The first-order chi connectivity index (χ1) is 6.25. The van der Waals surface area contributed by atoms with Gasteiger partial charge in [0.25, 0.3) is 0 Å². The first-order valence-electron chi connectivity index (χ1n) is 3.82. The maximum Gasteiger partial charge on any atom is 0.207 e. The molecule has 0 fully saturated rings. The van der Waals surface area contributed by atoms with Crippen molar-refractivity contribution in [2.75, 3.05) is 0 Å². The monoisotopic (exact) mass is 210 g/mol. The summed E-state index contributed by atoms with van der Waals surface area (Å²) in [4.78, 5) is 0. The normalized spacial score (nSPS) is 10.3. The zero-order chi connectivity index (χ0) is 9.26. The van der Waals surface area contributed by atoms with Gasteiger partial charge < -0.3 is 0 Å². The Morgan fingerprint density at radius 2 is 2.15 bits per heavy atom. The first-order valence-corrected chi connectivity index (χ1v) is 5.01. The van der Waals surface area contributed by atoms with Crippen LogP contribution in [0.1, 0.15) is 5.56 Å². The fourth-order valence-corrected chi connectivity index (χ4v) is 1.92. The predicted molar refractivity (Wildman–Crippen MR) is 55.1 cm³/mol. The molecule has 0 amide bonds. The number of aryl methyl sites for hydroxylation is 1. The number of hydrogen-bond donors (Lipinski definition) is 0. The van der Waals surface area contributed by atoms with Crippen molar-refractivity contribution in [2.45, 2.75) is 6.92 Å². The quantitative estimate of drug-likeness (QED) is 0.723. The van der Waals surface area contributed by atoms with Gasteiger partial charge in [0.15, 0.2) is 0 Å². The van der Waals surface area contributed by atoms with E-state index in [4.69, 9.17) is 11.6 Å². The van der Waals surface area contributed by atoms with Crippen molar-refractivity contribution in [3.63, 3.8) is 0 Å². The number of nitrogens with zero attached hydrogens (tertiary/aromatic N) is 2. The Morgan fingerprint density at radius 1 is 1.31 bits per heavy atom. The summed E-state index contributed by atoms with van der Waals surface area (Å²) < 4.78 is 0.483. The second-order valence-electron chi connectivity index (χ2n) is 2.73. The van der Waals surface area contributed by atoms with E-state index in [9.17, 15) is 0 Å². The van der Waals surface area contributed by atoms with Gasteiger partial charge in [-0.1, -0.05) is 35.1 Å². The Labute approximate surface area is 85.2 Å². The van der Waals surface area contributed by atoms with Gasteiger partial charge in [0, 0.05) is 5.56 Å². The molecule has 2 nitrogen and oxygen atoms in total. The highest BCUT2D eigenvalue weighted by atomic mass is 35.5. The molecule has 0 saturated heterocycles. The lowest BCUT2D eigenvalue weighted by atomic mass is 10.1. The van der Waals surface area contributed by atoms with Gasteiger partial charge in [-0.3, -0.25) is 0 Å². The molecule has 0 saturated carbocycles. The van der Waals surface area contributed by atoms with Gasteiger partial charge in [-0.15, -0.1) is 10.2 Å². The van der Waals surface area contributed by atoms with Gasteiger partial charge in [-0.25, -0.2) is 0 Å². The Bertz CT molecular complexity index is 425. The number of rotatable bonds is 1. The molecule has 0 spiro atoms. The smallest absolute Gasteiger partial charge is 0.137 e. The molecule has 0 bridgehead atoms. The Balaban J connectivity index is 2.46. The van der Waals surface area contributed by atoms with Crippen LogP contribution in [0, 0.1) is 6.92 Å². The second-order valence-corrected chi connectivity index (χ2v) is 4.29. The van der Waals surface area contributed by atoms with E-state index in [0.717, 1.165) is 10.6 Å². The minimum absolute atomic E-state index is 0.483. The summed E-state index contributed by atoms with van der Waals surface area (Å²) in [7, 11) is 0. The zero-order valence-corrected chi connectivity index (χ0v) is 8.56. The highest BCUT2D eigenvalue weighted by Gasteiger charge is 2.03. The minimum Gasteiger partial charge on any atom is -0.137 e. The van der Waals surface area contributed by atoms with Gasteiger partial charge in [0.2, 0.25) is 4.47 Å². The van der Waals surface area contributed by atoms with Crippen LogP contribution in [0.4, 0.5) is 0 Å². The Morgan fingerprint density at radius 3 is 2.77 bits per heavy atom. The van der Waals surface area contributed by atoms with Crippen LogP contribution < -0.4 is 0 Å². The molecule has 0 radical (unpaired) electrons. The van der Waals surface area contributed by atoms with Gasteiger partial charge in [0.05, 0.1) is 0 Å². The van der Waals surface area contributed by atoms with E-state index in [1.807, 2.05) is 25.1 Å². The zero-order valence-electron chi connectivity index (χ0n) is 6.99. The fourth-order valence-electron chi connectivity index (χ4n) is 1.10. The summed E-state index contributed by atoms with van der Waals surface area (Å²) in [6.45, 7) is 2.05. The van der Waals surface area contributed by atoms with Crippen molar-refractivity contribution in [3.8, 4) is 10.6 Å². The van der Waals surface area contributed by atoms with Crippen LogP contribution in [0.3, 0.4) is 0 Å². The SMILES string of the molecule is Cc1cccc(-c2nnc(Cl)s2)c1. The molecule has 2 rings (SSSR count). The molecule has 4 heteroatoms. The second kappa shape index (κ2) is 3.44. The molecule has 0 aliphatic rings. The van der Waals surface area contributed by atoms with E-state index in [-0.39, 0.29) is 0 Å².